The normalized spacial score (nSPS) is 10.1. The molecule has 0 amide bonds. The second kappa shape index (κ2) is 4.70. The molecule has 0 aliphatic carbocycles. The SMILES string of the molecule is Cc1cc(=O)[nH]c(Nc2ccc(C(=O)O)cc2)n1. The molecule has 18 heavy (non-hydrogen) atoms. The zero-order valence-electron chi connectivity index (χ0n) is 9.60. The van der Waals surface area contributed by atoms with Gasteiger partial charge in [0.05, 0.1) is 5.56 Å². The lowest BCUT2D eigenvalue weighted by Crippen LogP contribution is -2.10. The summed E-state index contributed by atoms with van der Waals surface area (Å²) in [5.74, 6) is -0.660. The van der Waals surface area contributed by atoms with E-state index in [1.165, 1.54) is 18.2 Å². The third kappa shape index (κ3) is 2.73. The van der Waals surface area contributed by atoms with E-state index in [1.54, 1.807) is 19.1 Å². The van der Waals surface area contributed by atoms with Gasteiger partial charge in [-0.1, -0.05) is 0 Å². The van der Waals surface area contributed by atoms with E-state index in [4.69, 9.17) is 5.11 Å². The lowest BCUT2D eigenvalue weighted by atomic mass is 10.2. The molecule has 0 radical (unpaired) electrons. The maximum absolute atomic E-state index is 11.2. The summed E-state index contributed by atoms with van der Waals surface area (Å²) in [5.41, 5.74) is 1.20. The van der Waals surface area contributed by atoms with E-state index < -0.39 is 5.97 Å². The van der Waals surface area contributed by atoms with Crippen LogP contribution in [0.5, 0.6) is 0 Å². The lowest BCUT2D eigenvalue weighted by Gasteiger charge is -2.05. The highest BCUT2D eigenvalue weighted by Crippen LogP contribution is 2.13. The van der Waals surface area contributed by atoms with Gasteiger partial charge in [0.1, 0.15) is 0 Å². The van der Waals surface area contributed by atoms with Crippen LogP contribution >= 0.6 is 0 Å². The molecule has 0 atom stereocenters. The van der Waals surface area contributed by atoms with Crippen LogP contribution in [0, 0.1) is 6.92 Å². The van der Waals surface area contributed by atoms with Crippen LogP contribution in [-0.2, 0) is 0 Å². The van der Waals surface area contributed by atoms with Gasteiger partial charge in [0.25, 0.3) is 5.56 Å². The van der Waals surface area contributed by atoms with E-state index in [0.29, 0.717) is 17.3 Å². The Kier molecular flexibility index (Phi) is 3.09. The molecule has 6 heteroatoms. The molecule has 0 unspecified atom stereocenters. The van der Waals surface area contributed by atoms with Gasteiger partial charge < -0.3 is 10.4 Å². The van der Waals surface area contributed by atoms with Crippen molar-refractivity contribution in [2.24, 2.45) is 0 Å². The largest absolute Gasteiger partial charge is 0.478 e. The van der Waals surface area contributed by atoms with E-state index in [1.807, 2.05) is 0 Å². The Labute approximate surface area is 102 Å². The number of rotatable bonds is 3. The Morgan fingerprint density at radius 1 is 1.33 bits per heavy atom. The van der Waals surface area contributed by atoms with Crippen molar-refractivity contribution in [3.63, 3.8) is 0 Å². The first-order valence-corrected chi connectivity index (χ1v) is 5.23. The fraction of sp³-hybridized carbons (Fsp3) is 0.0833. The van der Waals surface area contributed by atoms with Gasteiger partial charge in [0.2, 0.25) is 5.95 Å². The average Bonchev–Trinajstić information content (AvgIpc) is 2.28. The molecule has 1 aromatic carbocycles. The molecule has 92 valence electrons. The first-order valence-electron chi connectivity index (χ1n) is 5.23. The number of nitrogens with zero attached hydrogens (tertiary/aromatic N) is 1. The molecule has 3 N–H and O–H groups in total. The van der Waals surface area contributed by atoms with Gasteiger partial charge in [-0.3, -0.25) is 9.78 Å². The van der Waals surface area contributed by atoms with Crippen molar-refractivity contribution in [1.29, 1.82) is 0 Å². The number of carboxylic acid groups (broad SMARTS) is 1. The Hall–Kier alpha value is -2.63. The smallest absolute Gasteiger partial charge is 0.335 e. The van der Waals surface area contributed by atoms with Crippen LogP contribution in [0.3, 0.4) is 0 Å². The molecule has 0 spiro atoms. The number of hydrogen-bond donors (Lipinski definition) is 3. The van der Waals surface area contributed by atoms with Crippen LogP contribution in [0.4, 0.5) is 11.6 Å². The Morgan fingerprint density at radius 2 is 2.00 bits per heavy atom. The van der Waals surface area contributed by atoms with Gasteiger partial charge in [0.15, 0.2) is 0 Å². The highest BCUT2D eigenvalue weighted by molar-refractivity contribution is 5.88. The van der Waals surface area contributed by atoms with Crippen molar-refractivity contribution in [1.82, 2.24) is 9.97 Å². The third-order valence-electron chi connectivity index (χ3n) is 2.26. The zero-order chi connectivity index (χ0) is 13.1. The standard InChI is InChI=1S/C12H11N3O3/c1-7-6-10(16)15-12(13-7)14-9-4-2-8(3-5-9)11(17)18/h2-6H,1H3,(H,17,18)(H2,13,14,15,16). The van der Waals surface area contributed by atoms with Gasteiger partial charge in [0, 0.05) is 17.4 Å². The maximum atomic E-state index is 11.2. The Balaban J connectivity index is 2.23. The minimum absolute atomic E-state index is 0.200. The van der Waals surface area contributed by atoms with E-state index >= 15 is 0 Å². The molecule has 0 bridgehead atoms. The number of aryl methyl sites for hydroxylation is 1. The number of carbonyl (C=O) groups is 1. The fourth-order valence-corrected chi connectivity index (χ4v) is 1.47. The summed E-state index contributed by atoms with van der Waals surface area (Å²) in [5, 5.41) is 11.7. The molecule has 0 aliphatic rings. The Morgan fingerprint density at radius 3 is 2.56 bits per heavy atom. The summed E-state index contributed by atoms with van der Waals surface area (Å²) < 4.78 is 0. The van der Waals surface area contributed by atoms with Gasteiger partial charge in [-0.05, 0) is 31.2 Å². The monoisotopic (exact) mass is 245 g/mol. The molecule has 1 heterocycles. The van der Waals surface area contributed by atoms with Crippen LogP contribution in [0.25, 0.3) is 0 Å². The first-order chi connectivity index (χ1) is 8.54. The van der Waals surface area contributed by atoms with Crippen LogP contribution < -0.4 is 10.9 Å². The minimum atomic E-state index is -0.983. The number of aromatic carboxylic acids is 1. The summed E-state index contributed by atoms with van der Waals surface area (Å²) in [6, 6.07) is 7.54. The molecular formula is C12H11N3O3. The average molecular weight is 245 g/mol. The molecule has 1 aromatic heterocycles. The van der Waals surface area contributed by atoms with Crippen molar-refractivity contribution in [3.8, 4) is 0 Å². The summed E-state index contributed by atoms with van der Waals surface area (Å²) in [4.78, 5) is 28.6. The van der Waals surface area contributed by atoms with Crippen LogP contribution in [0.1, 0.15) is 16.1 Å². The van der Waals surface area contributed by atoms with Crippen LogP contribution in [0.2, 0.25) is 0 Å². The molecule has 2 rings (SSSR count). The summed E-state index contributed by atoms with van der Waals surface area (Å²) in [6.45, 7) is 1.72. The van der Waals surface area contributed by atoms with Crippen LogP contribution in [0.15, 0.2) is 35.1 Å². The molecular weight excluding hydrogens is 234 g/mol. The highest BCUT2D eigenvalue weighted by atomic mass is 16.4. The van der Waals surface area contributed by atoms with Crippen molar-refractivity contribution < 1.29 is 9.90 Å². The molecule has 6 nitrogen and oxygen atoms in total. The number of nitrogens with one attached hydrogen (secondary N) is 2. The number of benzene rings is 1. The van der Waals surface area contributed by atoms with Crippen molar-refractivity contribution >= 4 is 17.6 Å². The molecule has 0 saturated carbocycles. The van der Waals surface area contributed by atoms with Gasteiger partial charge in [-0.25, -0.2) is 9.78 Å². The van der Waals surface area contributed by atoms with Crippen molar-refractivity contribution in [3.05, 3.63) is 51.9 Å². The summed E-state index contributed by atoms with van der Waals surface area (Å²) in [7, 11) is 0. The van der Waals surface area contributed by atoms with Crippen LogP contribution in [-0.4, -0.2) is 21.0 Å². The lowest BCUT2D eigenvalue weighted by molar-refractivity contribution is 0.0697. The maximum Gasteiger partial charge on any atom is 0.335 e. The number of hydrogen-bond acceptors (Lipinski definition) is 4. The molecule has 0 saturated heterocycles. The number of carboxylic acids is 1. The van der Waals surface area contributed by atoms with E-state index in [2.05, 4.69) is 15.3 Å². The predicted molar refractivity (Wildman–Crippen MR) is 66.3 cm³/mol. The van der Waals surface area contributed by atoms with Crippen molar-refractivity contribution in [2.75, 3.05) is 5.32 Å². The van der Waals surface area contributed by atoms with Gasteiger partial charge >= 0.3 is 5.97 Å². The van der Waals surface area contributed by atoms with Crippen molar-refractivity contribution in [2.45, 2.75) is 6.92 Å². The number of aromatic nitrogens is 2. The Bertz CT molecular complexity index is 632. The number of aromatic amines is 1. The molecule has 0 aliphatic heterocycles. The van der Waals surface area contributed by atoms with Gasteiger partial charge in [-0.15, -0.1) is 0 Å². The quantitative estimate of drug-likeness (QED) is 0.762. The third-order valence-corrected chi connectivity index (χ3v) is 2.26. The predicted octanol–water partition coefficient (Wildman–Crippen LogP) is 1.52. The van der Waals surface area contributed by atoms with E-state index in [9.17, 15) is 9.59 Å². The van der Waals surface area contributed by atoms with E-state index in [-0.39, 0.29) is 11.1 Å². The van der Waals surface area contributed by atoms with E-state index in [0.717, 1.165) is 0 Å². The topological polar surface area (TPSA) is 95.1 Å². The highest BCUT2D eigenvalue weighted by Gasteiger charge is 2.03. The zero-order valence-corrected chi connectivity index (χ0v) is 9.60. The first kappa shape index (κ1) is 11.8. The molecule has 0 fully saturated rings. The molecule has 2 aromatic rings. The second-order valence-electron chi connectivity index (χ2n) is 3.74. The minimum Gasteiger partial charge on any atom is -0.478 e. The van der Waals surface area contributed by atoms with Gasteiger partial charge in [-0.2, -0.15) is 0 Å². The number of H-pyrrole nitrogens is 1. The summed E-state index contributed by atoms with van der Waals surface area (Å²) in [6.07, 6.45) is 0. The summed E-state index contributed by atoms with van der Waals surface area (Å²) >= 11 is 0. The second-order valence-corrected chi connectivity index (χ2v) is 3.74. The number of anilines is 2. The fourth-order valence-electron chi connectivity index (χ4n) is 1.47.